The standard InChI is InChI=1S/C15H18ClN5O.ClH/c1-10-15(22)20(8-11-4-2-3-5-12(11)16)9-14-19-18-13(6-7-17)21(10)14;/h2-5,10H,6-9,17H2,1H3;1H/t10-;/m0./s1. The second kappa shape index (κ2) is 7.29. The normalized spacial score (nSPS) is 16.9. The van der Waals surface area contributed by atoms with E-state index in [0.29, 0.717) is 31.1 Å². The molecule has 2 aromatic rings. The molecule has 0 aliphatic carbocycles. The lowest BCUT2D eigenvalue weighted by atomic mass is 10.1. The van der Waals surface area contributed by atoms with E-state index in [2.05, 4.69) is 10.2 Å². The van der Waals surface area contributed by atoms with Crippen molar-refractivity contribution < 1.29 is 4.79 Å². The third-order valence-corrected chi connectivity index (χ3v) is 4.28. The number of carbonyl (C=O) groups excluding carboxylic acids is 1. The van der Waals surface area contributed by atoms with Crippen LogP contribution >= 0.6 is 24.0 Å². The number of halogens is 2. The summed E-state index contributed by atoms with van der Waals surface area (Å²) < 4.78 is 1.90. The van der Waals surface area contributed by atoms with Crippen LogP contribution in [0.1, 0.15) is 30.2 Å². The van der Waals surface area contributed by atoms with Gasteiger partial charge in [-0.1, -0.05) is 29.8 Å². The van der Waals surface area contributed by atoms with Crippen molar-refractivity contribution in [3.05, 3.63) is 46.5 Å². The van der Waals surface area contributed by atoms with E-state index < -0.39 is 0 Å². The summed E-state index contributed by atoms with van der Waals surface area (Å²) in [6.45, 7) is 3.27. The Labute approximate surface area is 146 Å². The molecule has 1 amide bonds. The summed E-state index contributed by atoms with van der Waals surface area (Å²) in [5, 5.41) is 9.03. The Morgan fingerprint density at radius 1 is 1.35 bits per heavy atom. The summed E-state index contributed by atoms with van der Waals surface area (Å²) >= 11 is 6.19. The number of hydrogen-bond acceptors (Lipinski definition) is 4. The number of amides is 1. The number of fused-ring (bicyclic) bond motifs is 1. The van der Waals surface area contributed by atoms with Gasteiger partial charge in [-0.05, 0) is 25.1 Å². The van der Waals surface area contributed by atoms with Crippen molar-refractivity contribution in [3.8, 4) is 0 Å². The van der Waals surface area contributed by atoms with Crippen molar-refractivity contribution in [2.24, 2.45) is 5.73 Å². The van der Waals surface area contributed by atoms with Gasteiger partial charge < -0.3 is 15.2 Å². The quantitative estimate of drug-likeness (QED) is 0.909. The van der Waals surface area contributed by atoms with Crippen LogP contribution in [0.4, 0.5) is 0 Å². The highest BCUT2D eigenvalue weighted by molar-refractivity contribution is 6.31. The van der Waals surface area contributed by atoms with Crippen LogP contribution in [-0.2, 0) is 24.3 Å². The fourth-order valence-electron chi connectivity index (χ4n) is 2.80. The summed E-state index contributed by atoms with van der Waals surface area (Å²) in [6, 6.07) is 7.24. The third-order valence-electron chi connectivity index (χ3n) is 3.91. The van der Waals surface area contributed by atoms with E-state index in [1.54, 1.807) is 4.90 Å². The van der Waals surface area contributed by atoms with Crippen LogP contribution in [0.2, 0.25) is 5.02 Å². The molecule has 2 N–H and O–H groups in total. The molecule has 0 saturated heterocycles. The molecule has 1 aliphatic rings. The summed E-state index contributed by atoms with van der Waals surface area (Å²) in [5.74, 6) is 1.61. The lowest BCUT2D eigenvalue weighted by Gasteiger charge is -2.32. The number of nitrogens with zero attached hydrogens (tertiary/aromatic N) is 4. The minimum absolute atomic E-state index is 0. The molecule has 0 saturated carbocycles. The van der Waals surface area contributed by atoms with E-state index in [1.165, 1.54) is 0 Å². The number of carbonyl (C=O) groups is 1. The second-order valence-corrected chi connectivity index (χ2v) is 5.81. The van der Waals surface area contributed by atoms with Gasteiger partial charge in [-0.15, -0.1) is 22.6 Å². The van der Waals surface area contributed by atoms with Crippen molar-refractivity contribution in [3.63, 3.8) is 0 Å². The van der Waals surface area contributed by atoms with E-state index in [9.17, 15) is 4.79 Å². The number of benzene rings is 1. The smallest absolute Gasteiger partial charge is 0.246 e. The Morgan fingerprint density at radius 3 is 2.78 bits per heavy atom. The van der Waals surface area contributed by atoms with E-state index in [-0.39, 0.29) is 24.4 Å². The zero-order valence-corrected chi connectivity index (χ0v) is 14.3. The number of nitrogens with two attached hydrogens (primary N) is 1. The molecule has 6 nitrogen and oxygen atoms in total. The van der Waals surface area contributed by atoms with Crippen LogP contribution in [0.3, 0.4) is 0 Å². The predicted octanol–water partition coefficient (Wildman–Crippen LogP) is 1.96. The van der Waals surface area contributed by atoms with Crippen molar-refractivity contribution in [1.29, 1.82) is 0 Å². The summed E-state index contributed by atoms with van der Waals surface area (Å²) in [6.07, 6.45) is 0.620. The molecular weight excluding hydrogens is 337 g/mol. The van der Waals surface area contributed by atoms with Crippen molar-refractivity contribution in [1.82, 2.24) is 19.7 Å². The molecule has 1 atom stereocenters. The molecule has 2 heterocycles. The Balaban J connectivity index is 0.00000192. The first kappa shape index (κ1) is 17.7. The lowest BCUT2D eigenvalue weighted by Crippen LogP contribution is -2.41. The van der Waals surface area contributed by atoms with E-state index in [1.807, 2.05) is 35.8 Å². The molecule has 0 unspecified atom stereocenters. The molecular formula is C15H19Cl2N5O. The van der Waals surface area contributed by atoms with Gasteiger partial charge in [-0.3, -0.25) is 4.79 Å². The Hall–Kier alpha value is -1.63. The largest absolute Gasteiger partial charge is 0.330 e. The molecule has 0 spiro atoms. The summed E-state index contributed by atoms with van der Waals surface area (Å²) in [5.41, 5.74) is 6.52. The first-order valence-electron chi connectivity index (χ1n) is 7.26. The predicted molar refractivity (Wildman–Crippen MR) is 90.4 cm³/mol. The maximum atomic E-state index is 12.6. The van der Waals surface area contributed by atoms with Crippen LogP contribution in [0.25, 0.3) is 0 Å². The third kappa shape index (κ3) is 3.34. The second-order valence-electron chi connectivity index (χ2n) is 5.40. The molecule has 23 heavy (non-hydrogen) atoms. The van der Waals surface area contributed by atoms with E-state index in [4.69, 9.17) is 17.3 Å². The number of hydrogen-bond donors (Lipinski definition) is 1. The zero-order chi connectivity index (χ0) is 15.7. The van der Waals surface area contributed by atoms with E-state index >= 15 is 0 Å². The average Bonchev–Trinajstić information content (AvgIpc) is 2.90. The molecule has 0 bridgehead atoms. The number of rotatable bonds is 4. The van der Waals surface area contributed by atoms with Crippen LogP contribution in [0.15, 0.2) is 24.3 Å². The summed E-state index contributed by atoms with van der Waals surface area (Å²) in [4.78, 5) is 14.4. The van der Waals surface area contributed by atoms with Crippen LogP contribution in [0, 0.1) is 0 Å². The molecule has 124 valence electrons. The number of aromatic nitrogens is 3. The van der Waals surface area contributed by atoms with Crippen LogP contribution in [0.5, 0.6) is 0 Å². The highest BCUT2D eigenvalue weighted by Crippen LogP contribution is 2.26. The highest BCUT2D eigenvalue weighted by Gasteiger charge is 2.33. The van der Waals surface area contributed by atoms with Gasteiger partial charge in [0.2, 0.25) is 5.91 Å². The van der Waals surface area contributed by atoms with Gasteiger partial charge in [-0.2, -0.15) is 0 Å². The van der Waals surface area contributed by atoms with Gasteiger partial charge >= 0.3 is 0 Å². The fraction of sp³-hybridized carbons (Fsp3) is 0.400. The highest BCUT2D eigenvalue weighted by atomic mass is 35.5. The van der Waals surface area contributed by atoms with Gasteiger partial charge in [0.15, 0.2) is 5.82 Å². The SMILES string of the molecule is C[C@H]1C(=O)N(Cc2ccccc2Cl)Cc2nnc(CCN)n21.Cl. The topological polar surface area (TPSA) is 77.0 Å². The van der Waals surface area contributed by atoms with E-state index in [0.717, 1.165) is 17.2 Å². The monoisotopic (exact) mass is 355 g/mol. The van der Waals surface area contributed by atoms with Crippen molar-refractivity contribution in [2.45, 2.75) is 32.5 Å². The maximum Gasteiger partial charge on any atom is 0.246 e. The van der Waals surface area contributed by atoms with Gasteiger partial charge in [-0.25, -0.2) is 0 Å². The molecule has 1 aliphatic heterocycles. The minimum Gasteiger partial charge on any atom is -0.330 e. The van der Waals surface area contributed by atoms with Crippen molar-refractivity contribution >= 4 is 29.9 Å². The van der Waals surface area contributed by atoms with Crippen molar-refractivity contribution in [2.75, 3.05) is 6.54 Å². The molecule has 1 aromatic carbocycles. The Morgan fingerprint density at radius 2 is 2.09 bits per heavy atom. The van der Waals surface area contributed by atoms with Gasteiger partial charge in [0, 0.05) is 18.0 Å². The van der Waals surface area contributed by atoms with Gasteiger partial charge in [0.25, 0.3) is 0 Å². The first-order chi connectivity index (χ1) is 10.6. The summed E-state index contributed by atoms with van der Waals surface area (Å²) in [7, 11) is 0. The minimum atomic E-state index is -0.317. The molecule has 0 fully saturated rings. The van der Waals surface area contributed by atoms with Crippen LogP contribution < -0.4 is 5.73 Å². The zero-order valence-electron chi connectivity index (χ0n) is 12.8. The molecule has 8 heteroatoms. The van der Waals surface area contributed by atoms with Gasteiger partial charge in [0.05, 0.1) is 6.54 Å². The Kier molecular flexibility index (Phi) is 5.62. The first-order valence-corrected chi connectivity index (χ1v) is 7.64. The molecule has 3 rings (SSSR count). The van der Waals surface area contributed by atoms with Gasteiger partial charge in [0.1, 0.15) is 11.9 Å². The lowest BCUT2D eigenvalue weighted by molar-refractivity contribution is -0.137. The van der Waals surface area contributed by atoms with Crippen LogP contribution in [-0.4, -0.2) is 32.1 Å². The molecule has 1 aromatic heterocycles. The average molecular weight is 356 g/mol. The molecule has 0 radical (unpaired) electrons. The fourth-order valence-corrected chi connectivity index (χ4v) is 3.00. The Bertz CT molecular complexity index is 703. The maximum absolute atomic E-state index is 12.6.